The molecule has 136 valence electrons. The van der Waals surface area contributed by atoms with Crippen LogP contribution >= 0.6 is 0 Å². The Hall–Kier alpha value is -2.37. The molecule has 2 aliphatic rings. The third-order valence-electron chi connectivity index (χ3n) is 4.95. The van der Waals surface area contributed by atoms with Gasteiger partial charge in [0.25, 0.3) is 0 Å². The molecule has 0 saturated carbocycles. The lowest BCUT2D eigenvalue weighted by Crippen LogP contribution is -2.49. The molecule has 0 N–H and O–H groups in total. The second-order valence-corrected chi connectivity index (χ2v) is 6.78. The molecule has 5 nitrogen and oxygen atoms in total. The molecule has 1 fully saturated rings. The van der Waals surface area contributed by atoms with Gasteiger partial charge in [-0.2, -0.15) is 0 Å². The van der Waals surface area contributed by atoms with Crippen LogP contribution < -0.4 is 9.64 Å². The van der Waals surface area contributed by atoms with E-state index in [0.717, 1.165) is 30.9 Å². The highest BCUT2D eigenvalue weighted by molar-refractivity contribution is 5.96. The number of ether oxygens (including phenoxy) is 2. The van der Waals surface area contributed by atoms with Crippen molar-refractivity contribution in [1.29, 1.82) is 0 Å². The van der Waals surface area contributed by atoms with Gasteiger partial charge >= 0.3 is 0 Å². The zero-order chi connectivity index (χ0) is 17.8. The van der Waals surface area contributed by atoms with Crippen LogP contribution in [0.15, 0.2) is 54.6 Å². The zero-order valence-corrected chi connectivity index (χ0v) is 14.8. The summed E-state index contributed by atoms with van der Waals surface area (Å²) in [5.74, 6) is 1.01. The molecular weight excluding hydrogens is 328 g/mol. The number of rotatable bonds is 5. The highest BCUT2D eigenvalue weighted by atomic mass is 16.5. The van der Waals surface area contributed by atoms with Crippen LogP contribution in [0, 0.1) is 0 Å². The van der Waals surface area contributed by atoms with Gasteiger partial charge in [-0.25, -0.2) is 0 Å². The summed E-state index contributed by atoms with van der Waals surface area (Å²) < 4.78 is 11.6. The van der Waals surface area contributed by atoms with E-state index in [-0.39, 0.29) is 12.0 Å². The Morgan fingerprint density at radius 3 is 2.77 bits per heavy atom. The van der Waals surface area contributed by atoms with E-state index >= 15 is 0 Å². The molecule has 1 saturated heterocycles. The summed E-state index contributed by atoms with van der Waals surface area (Å²) in [5.41, 5.74) is 2.33. The first-order valence-electron chi connectivity index (χ1n) is 9.20. The number of fused-ring (bicyclic) bond motifs is 1. The summed E-state index contributed by atoms with van der Waals surface area (Å²) in [5, 5.41) is 0. The lowest BCUT2D eigenvalue weighted by Gasteiger charge is -2.33. The fourth-order valence-electron chi connectivity index (χ4n) is 3.60. The highest BCUT2D eigenvalue weighted by Gasteiger charge is 2.28. The molecule has 5 heteroatoms. The van der Waals surface area contributed by atoms with E-state index in [1.165, 1.54) is 5.56 Å². The SMILES string of the molecule is O=C(CN1CCO[C@H](COc2ccccc2)C1)N1CCc2ccccc21. The van der Waals surface area contributed by atoms with Crippen LogP contribution in [0.1, 0.15) is 5.56 Å². The van der Waals surface area contributed by atoms with Crippen molar-refractivity contribution in [1.82, 2.24) is 4.90 Å². The van der Waals surface area contributed by atoms with Crippen LogP contribution in [0.5, 0.6) is 5.75 Å². The molecule has 0 unspecified atom stereocenters. The molecule has 2 heterocycles. The van der Waals surface area contributed by atoms with Crippen molar-refractivity contribution < 1.29 is 14.3 Å². The van der Waals surface area contributed by atoms with Crippen molar-refractivity contribution in [3.8, 4) is 5.75 Å². The number of carbonyl (C=O) groups excluding carboxylic acids is 1. The lowest BCUT2D eigenvalue weighted by molar-refractivity contribution is -0.122. The number of benzene rings is 2. The average molecular weight is 352 g/mol. The molecule has 1 amide bonds. The predicted molar refractivity (Wildman–Crippen MR) is 101 cm³/mol. The maximum absolute atomic E-state index is 12.8. The van der Waals surface area contributed by atoms with E-state index in [2.05, 4.69) is 11.0 Å². The van der Waals surface area contributed by atoms with Gasteiger partial charge in [0.15, 0.2) is 0 Å². The number of hydrogen-bond acceptors (Lipinski definition) is 4. The summed E-state index contributed by atoms with van der Waals surface area (Å²) in [4.78, 5) is 16.9. The van der Waals surface area contributed by atoms with Gasteiger partial charge in [0.1, 0.15) is 18.5 Å². The quantitative estimate of drug-likeness (QED) is 0.828. The highest BCUT2D eigenvalue weighted by Crippen LogP contribution is 2.27. The smallest absolute Gasteiger partial charge is 0.241 e. The Morgan fingerprint density at radius 1 is 1.08 bits per heavy atom. The molecule has 2 aromatic carbocycles. The first-order valence-corrected chi connectivity index (χ1v) is 9.20. The molecule has 4 rings (SSSR count). The zero-order valence-electron chi connectivity index (χ0n) is 14.8. The third kappa shape index (κ3) is 3.89. The van der Waals surface area contributed by atoms with Gasteiger partial charge in [-0.3, -0.25) is 9.69 Å². The van der Waals surface area contributed by atoms with E-state index in [9.17, 15) is 4.79 Å². The second-order valence-electron chi connectivity index (χ2n) is 6.78. The first kappa shape index (κ1) is 17.1. The summed E-state index contributed by atoms with van der Waals surface area (Å²) in [7, 11) is 0. The Labute approximate surface area is 154 Å². The minimum Gasteiger partial charge on any atom is -0.491 e. The summed E-state index contributed by atoms with van der Waals surface area (Å²) >= 11 is 0. The van der Waals surface area contributed by atoms with Crippen molar-refractivity contribution >= 4 is 11.6 Å². The predicted octanol–water partition coefficient (Wildman–Crippen LogP) is 2.36. The molecule has 0 aromatic heterocycles. The summed E-state index contributed by atoms with van der Waals surface area (Å²) in [6.07, 6.45) is 0.932. The lowest BCUT2D eigenvalue weighted by atomic mass is 10.2. The topological polar surface area (TPSA) is 42.0 Å². The Morgan fingerprint density at radius 2 is 1.88 bits per heavy atom. The van der Waals surface area contributed by atoms with Crippen LogP contribution in [0.3, 0.4) is 0 Å². The summed E-state index contributed by atoms with van der Waals surface area (Å²) in [6.45, 7) is 3.84. The Bertz CT molecular complexity index is 750. The van der Waals surface area contributed by atoms with Crippen LogP contribution in [-0.2, 0) is 16.0 Å². The Kier molecular flexibility index (Phi) is 5.18. The van der Waals surface area contributed by atoms with Crippen LogP contribution in [-0.4, -0.2) is 56.3 Å². The van der Waals surface area contributed by atoms with Crippen molar-refractivity contribution in [3.05, 3.63) is 60.2 Å². The normalized spacial score (nSPS) is 20.0. The molecule has 0 bridgehead atoms. The number of anilines is 1. The average Bonchev–Trinajstić information content (AvgIpc) is 3.12. The van der Waals surface area contributed by atoms with Crippen LogP contribution in [0.4, 0.5) is 5.69 Å². The maximum atomic E-state index is 12.8. The Balaban J connectivity index is 1.30. The third-order valence-corrected chi connectivity index (χ3v) is 4.95. The molecular formula is C21H24N2O3. The molecule has 0 radical (unpaired) electrons. The molecule has 26 heavy (non-hydrogen) atoms. The fraction of sp³-hybridized carbons (Fsp3) is 0.381. The molecule has 0 spiro atoms. The largest absolute Gasteiger partial charge is 0.491 e. The van der Waals surface area contributed by atoms with Gasteiger partial charge in [0, 0.05) is 25.3 Å². The van der Waals surface area contributed by atoms with Crippen molar-refractivity contribution in [2.45, 2.75) is 12.5 Å². The molecule has 2 aromatic rings. The monoisotopic (exact) mass is 352 g/mol. The number of morpholine rings is 1. The van der Waals surface area contributed by atoms with Gasteiger partial charge in [0.05, 0.1) is 13.2 Å². The van der Waals surface area contributed by atoms with Gasteiger partial charge in [-0.15, -0.1) is 0 Å². The standard InChI is InChI=1S/C21H24N2O3/c24-21(23-11-10-17-6-4-5-9-20(17)23)15-22-12-13-25-19(14-22)16-26-18-7-2-1-3-8-18/h1-9,19H,10-16H2/t19-/m0/s1. The van der Waals surface area contributed by atoms with Crippen LogP contribution in [0.25, 0.3) is 0 Å². The number of nitrogens with zero attached hydrogens (tertiary/aromatic N) is 2. The maximum Gasteiger partial charge on any atom is 0.241 e. The minimum atomic E-state index is -0.0115. The van der Waals surface area contributed by atoms with E-state index in [1.54, 1.807) is 0 Å². The van der Waals surface area contributed by atoms with Crippen molar-refractivity contribution in [2.24, 2.45) is 0 Å². The fourth-order valence-corrected chi connectivity index (χ4v) is 3.60. The van der Waals surface area contributed by atoms with Crippen molar-refractivity contribution in [3.63, 3.8) is 0 Å². The molecule has 2 aliphatic heterocycles. The van der Waals surface area contributed by atoms with E-state index in [1.807, 2.05) is 53.4 Å². The second kappa shape index (κ2) is 7.89. The number of hydrogen-bond donors (Lipinski definition) is 0. The number of amides is 1. The van der Waals surface area contributed by atoms with E-state index in [4.69, 9.17) is 9.47 Å². The minimum absolute atomic E-state index is 0.0115. The van der Waals surface area contributed by atoms with Crippen molar-refractivity contribution in [2.75, 3.05) is 44.3 Å². The summed E-state index contributed by atoms with van der Waals surface area (Å²) in [6, 6.07) is 17.9. The number of carbonyl (C=O) groups is 1. The van der Waals surface area contributed by atoms with Crippen LogP contribution in [0.2, 0.25) is 0 Å². The van der Waals surface area contributed by atoms with Gasteiger partial charge in [-0.05, 0) is 30.2 Å². The van der Waals surface area contributed by atoms with Gasteiger partial charge < -0.3 is 14.4 Å². The van der Waals surface area contributed by atoms with Gasteiger partial charge in [0.2, 0.25) is 5.91 Å². The first-order chi connectivity index (χ1) is 12.8. The molecule has 0 aliphatic carbocycles. The number of para-hydroxylation sites is 2. The van der Waals surface area contributed by atoms with E-state index < -0.39 is 0 Å². The van der Waals surface area contributed by atoms with E-state index in [0.29, 0.717) is 26.3 Å². The molecule has 1 atom stereocenters. The van der Waals surface area contributed by atoms with Gasteiger partial charge in [-0.1, -0.05) is 36.4 Å².